The van der Waals surface area contributed by atoms with E-state index in [2.05, 4.69) is 0 Å². The van der Waals surface area contributed by atoms with E-state index in [4.69, 9.17) is 0 Å². The van der Waals surface area contributed by atoms with Gasteiger partial charge in [0.15, 0.2) is 0 Å². The molecule has 0 spiro atoms. The average Bonchev–Trinajstić information content (AvgIpc) is 2.39. The SMILES string of the molecule is O=C(C1CCCCC1)N(O)c1ccccc1. The molecule has 0 aromatic heterocycles. The van der Waals surface area contributed by atoms with E-state index in [1.54, 1.807) is 12.1 Å². The quantitative estimate of drug-likeness (QED) is 0.613. The van der Waals surface area contributed by atoms with Crippen molar-refractivity contribution in [1.29, 1.82) is 0 Å². The van der Waals surface area contributed by atoms with Crippen molar-refractivity contribution < 1.29 is 10.0 Å². The Kier molecular flexibility index (Phi) is 3.57. The minimum absolute atomic E-state index is 0.000967. The van der Waals surface area contributed by atoms with Gasteiger partial charge in [0.1, 0.15) is 0 Å². The Morgan fingerprint density at radius 1 is 1.12 bits per heavy atom. The highest BCUT2D eigenvalue weighted by Crippen LogP contribution is 2.26. The van der Waals surface area contributed by atoms with Crippen LogP contribution in [0.1, 0.15) is 32.1 Å². The predicted octanol–water partition coefficient (Wildman–Crippen LogP) is 2.99. The lowest BCUT2D eigenvalue weighted by Crippen LogP contribution is -2.34. The minimum atomic E-state index is -0.161. The van der Waals surface area contributed by atoms with Crippen LogP contribution < -0.4 is 5.06 Å². The van der Waals surface area contributed by atoms with Crippen LogP contribution in [0.4, 0.5) is 5.69 Å². The highest BCUT2D eigenvalue weighted by atomic mass is 16.5. The maximum Gasteiger partial charge on any atom is 0.253 e. The summed E-state index contributed by atoms with van der Waals surface area (Å²) in [5.74, 6) is -0.162. The van der Waals surface area contributed by atoms with E-state index in [0.717, 1.165) is 30.7 Å². The monoisotopic (exact) mass is 219 g/mol. The van der Waals surface area contributed by atoms with Gasteiger partial charge in [-0.1, -0.05) is 37.5 Å². The molecule has 3 heteroatoms. The smallest absolute Gasteiger partial charge is 0.253 e. The van der Waals surface area contributed by atoms with E-state index < -0.39 is 0 Å². The molecule has 3 nitrogen and oxygen atoms in total. The molecule has 1 fully saturated rings. The standard InChI is InChI=1S/C13H17NO2/c15-13(11-7-3-1-4-8-11)14(16)12-9-5-2-6-10-12/h2,5-6,9-11,16H,1,3-4,7-8H2. The van der Waals surface area contributed by atoms with Crippen LogP contribution in [0.25, 0.3) is 0 Å². The van der Waals surface area contributed by atoms with Crippen molar-refractivity contribution in [2.75, 3.05) is 5.06 Å². The summed E-state index contributed by atoms with van der Waals surface area (Å²) >= 11 is 0. The van der Waals surface area contributed by atoms with Crippen LogP contribution in [0.15, 0.2) is 30.3 Å². The number of hydroxylamine groups is 1. The van der Waals surface area contributed by atoms with Crippen LogP contribution in [-0.2, 0) is 4.79 Å². The molecule has 0 unspecified atom stereocenters. The van der Waals surface area contributed by atoms with Crippen LogP contribution in [0.5, 0.6) is 0 Å². The first-order valence-corrected chi connectivity index (χ1v) is 5.87. The predicted molar refractivity (Wildman–Crippen MR) is 62.3 cm³/mol. The number of rotatable bonds is 2. The summed E-state index contributed by atoms with van der Waals surface area (Å²) in [5.41, 5.74) is 0.554. The molecule has 1 aliphatic carbocycles. The first kappa shape index (κ1) is 11.1. The Morgan fingerprint density at radius 2 is 1.75 bits per heavy atom. The lowest BCUT2D eigenvalue weighted by atomic mass is 9.88. The van der Waals surface area contributed by atoms with Crippen LogP contribution in [-0.4, -0.2) is 11.1 Å². The third-order valence-corrected chi connectivity index (χ3v) is 3.16. The van der Waals surface area contributed by atoms with Gasteiger partial charge in [-0.15, -0.1) is 0 Å². The number of amides is 1. The third-order valence-electron chi connectivity index (χ3n) is 3.16. The van der Waals surface area contributed by atoms with Gasteiger partial charge in [0, 0.05) is 5.92 Å². The summed E-state index contributed by atoms with van der Waals surface area (Å²) in [4.78, 5) is 12.0. The average molecular weight is 219 g/mol. The minimum Gasteiger partial charge on any atom is -0.281 e. The van der Waals surface area contributed by atoms with E-state index in [1.165, 1.54) is 6.42 Å². The van der Waals surface area contributed by atoms with Crippen LogP contribution in [0, 0.1) is 5.92 Å². The van der Waals surface area contributed by atoms with Gasteiger partial charge in [-0.05, 0) is 25.0 Å². The highest BCUT2D eigenvalue weighted by Gasteiger charge is 2.25. The first-order chi connectivity index (χ1) is 7.79. The Bertz CT molecular complexity index is 344. The molecule has 1 aromatic rings. The lowest BCUT2D eigenvalue weighted by Gasteiger charge is -2.24. The largest absolute Gasteiger partial charge is 0.281 e. The number of para-hydroxylation sites is 1. The summed E-state index contributed by atoms with van der Waals surface area (Å²) in [7, 11) is 0. The van der Waals surface area contributed by atoms with Gasteiger partial charge < -0.3 is 0 Å². The lowest BCUT2D eigenvalue weighted by molar-refractivity contribution is -0.128. The number of carbonyl (C=O) groups excluding carboxylic acids is 1. The van der Waals surface area contributed by atoms with Crippen molar-refractivity contribution in [2.24, 2.45) is 5.92 Å². The van der Waals surface area contributed by atoms with Crippen molar-refractivity contribution >= 4 is 11.6 Å². The summed E-state index contributed by atoms with van der Waals surface area (Å²) in [6.45, 7) is 0. The molecule has 2 rings (SSSR count). The van der Waals surface area contributed by atoms with Gasteiger partial charge in [-0.25, -0.2) is 0 Å². The van der Waals surface area contributed by atoms with Gasteiger partial charge in [0.25, 0.3) is 5.91 Å². The molecule has 1 saturated carbocycles. The van der Waals surface area contributed by atoms with Gasteiger partial charge in [0.2, 0.25) is 0 Å². The fraction of sp³-hybridized carbons (Fsp3) is 0.462. The molecule has 0 saturated heterocycles. The second kappa shape index (κ2) is 5.12. The second-order valence-corrected chi connectivity index (χ2v) is 4.32. The van der Waals surface area contributed by atoms with E-state index in [0.29, 0.717) is 5.69 Å². The molecule has 0 radical (unpaired) electrons. The van der Waals surface area contributed by atoms with E-state index >= 15 is 0 Å². The zero-order valence-corrected chi connectivity index (χ0v) is 9.30. The number of benzene rings is 1. The van der Waals surface area contributed by atoms with E-state index in [1.807, 2.05) is 18.2 Å². The molecule has 0 atom stereocenters. The third kappa shape index (κ3) is 2.42. The molecule has 86 valence electrons. The molecule has 1 N–H and O–H groups in total. The molecule has 0 heterocycles. The van der Waals surface area contributed by atoms with Crippen molar-refractivity contribution in [3.63, 3.8) is 0 Å². The Morgan fingerprint density at radius 3 is 2.38 bits per heavy atom. The van der Waals surface area contributed by atoms with Crippen LogP contribution in [0.2, 0.25) is 0 Å². The zero-order valence-electron chi connectivity index (χ0n) is 9.30. The Labute approximate surface area is 95.6 Å². The van der Waals surface area contributed by atoms with Gasteiger partial charge in [-0.2, -0.15) is 5.06 Å². The number of carbonyl (C=O) groups is 1. The molecule has 16 heavy (non-hydrogen) atoms. The van der Waals surface area contributed by atoms with Gasteiger partial charge >= 0.3 is 0 Å². The fourth-order valence-electron chi connectivity index (χ4n) is 2.22. The number of nitrogens with zero attached hydrogens (tertiary/aromatic N) is 1. The van der Waals surface area contributed by atoms with Crippen molar-refractivity contribution in [3.05, 3.63) is 30.3 Å². The van der Waals surface area contributed by atoms with Crippen molar-refractivity contribution in [2.45, 2.75) is 32.1 Å². The number of hydrogen-bond acceptors (Lipinski definition) is 2. The zero-order chi connectivity index (χ0) is 11.4. The Hall–Kier alpha value is -1.35. The maximum atomic E-state index is 12.0. The number of hydrogen-bond donors (Lipinski definition) is 1. The topological polar surface area (TPSA) is 40.5 Å². The molecule has 0 aliphatic heterocycles. The molecule has 0 bridgehead atoms. The maximum absolute atomic E-state index is 12.0. The molecular formula is C13H17NO2. The molecule has 1 aliphatic rings. The van der Waals surface area contributed by atoms with Gasteiger partial charge in [0.05, 0.1) is 5.69 Å². The van der Waals surface area contributed by atoms with Crippen LogP contribution in [0.3, 0.4) is 0 Å². The summed E-state index contributed by atoms with van der Waals surface area (Å²) in [6.07, 6.45) is 5.21. The molecule has 1 amide bonds. The molecule has 1 aromatic carbocycles. The summed E-state index contributed by atoms with van der Waals surface area (Å²) in [5, 5.41) is 10.6. The second-order valence-electron chi connectivity index (χ2n) is 4.32. The van der Waals surface area contributed by atoms with Crippen LogP contribution >= 0.6 is 0 Å². The summed E-state index contributed by atoms with van der Waals surface area (Å²) < 4.78 is 0. The number of anilines is 1. The van der Waals surface area contributed by atoms with Gasteiger partial charge in [-0.3, -0.25) is 10.0 Å². The molecular weight excluding hydrogens is 202 g/mol. The van der Waals surface area contributed by atoms with E-state index in [-0.39, 0.29) is 11.8 Å². The van der Waals surface area contributed by atoms with Crippen molar-refractivity contribution in [1.82, 2.24) is 0 Å². The van der Waals surface area contributed by atoms with E-state index in [9.17, 15) is 10.0 Å². The van der Waals surface area contributed by atoms with Crippen molar-refractivity contribution in [3.8, 4) is 0 Å². The fourth-order valence-corrected chi connectivity index (χ4v) is 2.22. The first-order valence-electron chi connectivity index (χ1n) is 5.87. The highest BCUT2D eigenvalue weighted by molar-refractivity contribution is 5.92. The summed E-state index contributed by atoms with van der Waals surface area (Å²) in [6, 6.07) is 8.96. The Balaban J connectivity index is 2.04. The normalized spacial score (nSPS) is 17.1.